The first kappa shape index (κ1) is 16.9. The van der Waals surface area contributed by atoms with E-state index in [4.69, 9.17) is 5.11 Å². The lowest BCUT2D eigenvalue weighted by Crippen LogP contribution is -2.39. The summed E-state index contributed by atoms with van der Waals surface area (Å²) in [5.41, 5.74) is 0.871. The number of sulfonamides is 1. The maximum Gasteiger partial charge on any atom is 0.306 e. The molecule has 122 valence electrons. The van der Waals surface area contributed by atoms with E-state index in [1.165, 1.54) is 12.1 Å². The fraction of sp³-hybridized carbons (Fsp3) is 0.533. The summed E-state index contributed by atoms with van der Waals surface area (Å²) in [4.78, 5) is 10.9. The molecule has 0 aliphatic heterocycles. The van der Waals surface area contributed by atoms with Crippen LogP contribution in [0.25, 0.3) is 0 Å². The van der Waals surface area contributed by atoms with Crippen LogP contribution in [-0.2, 0) is 20.6 Å². The van der Waals surface area contributed by atoms with Gasteiger partial charge in [0.05, 0.1) is 11.7 Å². The maximum atomic E-state index is 13.7. The molecule has 1 aromatic carbocycles. The van der Waals surface area contributed by atoms with E-state index in [-0.39, 0.29) is 11.6 Å². The van der Waals surface area contributed by atoms with Crippen LogP contribution in [0.3, 0.4) is 0 Å². The second-order valence-corrected chi connectivity index (χ2v) is 7.61. The molecule has 2 rings (SSSR count). The molecule has 0 amide bonds. The highest BCUT2D eigenvalue weighted by Gasteiger charge is 2.28. The zero-order valence-corrected chi connectivity index (χ0v) is 13.2. The van der Waals surface area contributed by atoms with Crippen molar-refractivity contribution in [3.05, 3.63) is 35.1 Å². The van der Waals surface area contributed by atoms with Gasteiger partial charge in [-0.15, -0.1) is 0 Å². The molecule has 1 fully saturated rings. The lowest BCUT2D eigenvalue weighted by molar-refractivity contribution is -0.142. The Hall–Kier alpha value is -1.47. The third-order valence-electron chi connectivity index (χ3n) is 3.98. The lowest BCUT2D eigenvalue weighted by Gasteiger charge is -2.26. The van der Waals surface area contributed by atoms with Crippen LogP contribution in [-0.4, -0.2) is 25.5 Å². The van der Waals surface area contributed by atoms with Crippen LogP contribution in [0.2, 0.25) is 0 Å². The Bertz CT molecular complexity index is 652. The summed E-state index contributed by atoms with van der Waals surface area (Å²) in [5, 5.41) is 8.92. The summed E-state index contributed by atoms with van der Waals surface area (Å²) in [7, 11) is -3.64. The predicted molar refractivity (Wildman–Crippen MR) is 80.3 cm³/mol. The summed E-state index contributed by atoms with van der Waals surface area (Å²) >= 11 is 0. The fourth-order valence-electron chi connectivity index (χ4n) is 2.73. The molecular weight excluding hydrogens is 309 g/mol. The topological polar surface area (TPSA) is 83.5 Å². The van der Waals surface area contributed by atoms with E-state index in [0.29, 0.717) is 25.7 Å². The van der Waals surface area contributed by atoms with Crippen LogP contribution in [0.1, 0.15) is 36.8 Å². The van der Waals surface area contributed by atoms with Crippen molar-refractivity contribution in [2.24, 2.45) is 5.92 Å². The van der Waals surface area contributed by atoms with Crippen LogP contribution in [0.5, 0.6) is 0 Å². The molecule has 0 aromatic heterocycles. The number of benzene rings is 1. The van der Waals surface area contributed by atoms with Gasteiger partial charge in [0.2, 0.25) is 10.0 Å². The molecule has 1 aliphatic carbocycles. The number of hydrogen-bond donors (Lipinski definition) is 2. The van der Waals surface area contributed by atoms with Crippen LogP contribution >= 0.6 is 0 Å². The molecule has 0 radical (unpaired) electrons. The van der Waals surface area contributed by atoms with E-state index >= 15 is 0 Å². The van der Waals surface area contributed by atoms with E-state index < -0.39 is 33.5 Å². The molecule has 2 N–H and O–H groups in total. The van der Waals surface area contributed by atoms with Crippen molar-refractivity contribution in [1.82, 2.24) is 4.72 Å². The first-order valence-corrected chi connectivity index (χ1v) is 8.90. The third-order valence-corrected chi connectivity index (χ3v) is 5.36. The quantitative estimate of drug-likeness (QED) is 0.867. The number of nitrogens with one attached hydrogen (secondary N) is 1. The van der Waals surface area contributed by atoms with Gasteiger partial charge in [0.1, 0.15) is 5.82 Å². The smallest absolute Gasteiger partial charge is 0.306 e. The Kier molecular flexibility index (Phi) is 5.18. The van der Waals surface area contributed by atoms with Crippen molar-refractivity contribution in [2.75, 3.05) is 0 Å². The molecule has 0 saturated heterocycles. The van der Waals surface area contributed by atoms with Gasteiger partial charge in [-0.2, -0.15) is 0 Å². The minimum atomic E-state index is -3.64. The summed E-state index contributed by atoms with van der Waals surface area (Å²) < 4.78 is 40.6. The Labute approximate surface area is 129 Å². The molecule has 1 aliphatic rings. The van der Waals surface area contributed by atoms with Gasteiger partial charge in [0, 0.05) is 11.6 Å². The molecule has 1 aromatic rings. The monoisotopic (exact) mass is 329 g/mol. The summed E-state index contributed by atoms with van der Waals surface area (Å²) in [6.07, 6.45) is 1.90. The lowest BCUT2D eigenvalue weighted by atomic mass is 9.87. The molecular formula is C15H20FNO4S. The van der Waals surface area contributed by atoms with E-state index in [1.807, 2.05) is 0 Å². The molecule has 0 atom stereocenters. The Morgan fingerprint density at radius 1 is 1.32 bits per heavy atom. The standard InChI is InChI=1S/C15H20FNO4S/c1-10-2-3-12(14(16)8-10)9-22(20,21)17-13-6-4-11(5-7-13)15(18)19/h2-3,8,11,13,17H,4-7,9H2,1H3,(H,18,19). The van der Waals surface area contributed by atoms with Gasteiger partial charge in [-0.3, -0.25) is 4.79 Å². The van der Waals surface area contributed by atoms with Gasteiger partial charge in [-0.05, 0) is 44.2 Å². The van der Waals surface area contributed by atoms with Gasteiger partial charge in [-0.25, -0.2) is 17.5 Å². The summed E-state index contributed by atoms with van der Waals surface area (Å²) in [5.74, 6) is -2.16. The number of carbonyl (C=O) groups is 1. The van der Waals surface area contributed by atoms with E-state index in [2.05, 4.69) is 4.72 Å². The SMILES string of the molecule is Cc1ccc(CS(=O)(=O)NC2CCC(C(=O)O)CC2)c(F)c1. The number of halogens is 1. The first-order chi connectivity index (χ1) is 10.3. The minimum Gasteiger partial charge on any atom is -0.481 e. The molecule has 0 heterocycles. The van der Waals surface area contributed by atoms with Gasteiger partial charge in [-0.1, -0.05) is 12.1 Å². The van der Waals surface area contributed by atoms with Crippen molar-refractivity contribution in [3.8, 4) is 0 Å². The normalized spacial score (nSPS) is 22.5. The Morgan fingerprint density at radius 3 is 2.50 bits per heavy atom. The van der Waals surface area contributed by atoms with Gasteiger partial charge < -0.3 is 5.11 Å². The van der Waals surface area contributed by atoms with Gasteiger partial charge in [0.15, 0.2) is 0 Å². The average Bonchev–Trinajstić information content (AvgIpc) is 2.42. The molecule has 0 unspecified atom stereocenters. The summed E-state index contributed by atoms with van der Waals surface area (Å²) in [6, 6.07) is 4.19. The highest BCUT2D eigenvalue weighted by molar-refractivity contribution is 7.88. The van der Waals surface area contributed by atoms with Crippen molar-refractivity contribution in [2.45, 2.75) is 44.4 Å². The zero-order chi connectivity index (χ0) is 16.3. The number of aryl methyl sites for hydroxylation is 1. The van der Waals surface area contributed by atoms with Crippen molar-refractivity contribution in [1.29, 1.82) is 0 Å². The van der Waals surface area contributed by atoms with E-state index in [9.17, 15) is 17.6 Å². The number of carboxylic acids is 1. The minimum absolute atomic E-state index is 0.136. The van der Waals surface area contributed by atoms with Crippen molar-refractivity contribution >= 4 is 16.0 Å². The molecule has 5 nitrogen and oxygen atoms in total. The van der Waals surface area contributed by atoms with Gasteiger partial charge >= 0.3 is 5.97 Å². The predicted octanol–water partition coefficient (Wildman–Crippen LogP) is 2.20. The number of aliphatic carboxylic acids is 1. The Balaban J connectivity index is 1.96. The highest BCUT2D eigenvalue weighted by atomic mass is 32.2. The zero-order valence-electron chi connectivity index (χ0n) is 12.4. The van der Waals surface area contributed by atoms with Crippen LogP contribution in [0, 0.1) is 18.7 Å². The molecule has 0 spiro atoms. The largest absolute Gasteiger partial charge is 0.481 e. The van der Waals surface area contributed by atoms with Crippen molar-refractivity contribution < 1.29 is 22.7 Å². The first-order valence-electron chi connectivity index (χ1n) is 7.24. The van der Waals surface area contributed by atoms with Gasteiger partial charge in [0.25, 0.3) is 0 Å². The highest BCUT2D eigenvalue weighted by Crippen LogP contribution is 2.25. The molecule has 0 bridgehead atoms. The molecule has 22 heavy (non-hydrogen) atoms. The molecule has 7 heteroatoms. The fourth-order valence-corrected chi connectivity index (χ4v) is 4.20. The van der Waals surface area contributed by atoms with E-state index in [1.54, 1.807) is 13.0 Å². The summed E-state index contributed by atoms with van der Waals surface area (Å²) in [6.45, 7) is 1.74. The second-order valence-electron chi connectivity index (χ2n) is 5.86. The average molecular weight is 329 g/mol. The van der Waals surface area contributed by atoms with Crippen LogP contribution in [0.4, 0.5) is 4.39 Å². The second kappa shape index (κ2) is 6.75. The number of hydrogen-bond acceptors (Lipinski definition) is 3. The number of carboxylic acid groups (broad SMARTS) is 1. The molecule has 1 saturated carbocycles. The van der Waals surface area contributed by atoms with Crippen LogP contribution < -0.4 is 4.72 Å². The Morgan fingerprint density at radius 2 is 1.95 bits per heavy atom. The van der Waals surface area contributed by atoms with Crippen LogP contribution in [0.15, 0.2) is 18.2 Å². The third kappa shape index (κ3) is 4.51. The maximum absolute atomic E-state index is 13.7. The number of rotatable bonds is 5. The van der Waals surface area contributed by atoms with E-state index in [0.717, 1.165) is 5.56 Å². The van der Waals surface area contributed by atoms with Crippen molar-refractivity contribution in [3.63, 3.8) is 0 Å².